The van der Waals surface area contributed by atoms with Gasteiger partial charge in [-0.15, -0.1) is 11.3 Å². The summed E-state index contributed by atoms with van der Waals surface area (Å²) in [5, 5.41) is 11.7. The maximum Gasteiger partial charge on any atom is 0.309 e. The van der Waals surface area contributed by atoms with Crippen molar-refractivity contribution in [2.24, 2.45) is 0 Å². The lowest BCUT2D eigenvalue weighted by Crippen LogP contribution is -2.20. The zero-order chi connectivity index (χ0) is 16.3. The number of thiazole rings is 1. The van der Waals surface area contributed by atoms with E-state index in [-0.39, 0.29) is 11.8 Å². The van der Waals surface area contributed by atoms with Crippen molar-refractivity contribution in [1.82, 2.24) is 4.98 Å². The van der Waals surface area contributed by atoms with Gasteiger partial charge in [-0.05, 0) is 23.5 Å². The number of nitrogens with zero attached hydrogens (tertiary/aromatic N) is 1. The molecule has 2 rings (SSSR count). The molecule has 2 aromatic rings. The molecule has 22 heavy (non-hydrogen) atoms. The molecule has 3 nitrogen and oxygen atoms in total. The molecule has 0 saturated heterocycles. The number of aliphatic carboxylic acids is 1. The summed E-state index contributed by atoms with van der Waals surface area (Å²) >= 11 is 1.55. The van der Waals surface area contributed by atoms with Gasteiger partial charge in [0.2, 0.25) is 0 Å². The Balaban J connectivity index is 2.12. The Bertz CT molecular complexity index is 641. The van der Waals surface area contributed by atoms with Crippen molar-refractivity contribution in [2.75, 3.05) is 0 Å². The first-order chi connectivity index (χ1) is 10.3. The SMILES string of the molecule is CC(C)c1ccc(CC(C)(C)c2nc(CC(=O)O)cs2)cc1. The Morgan fingerprint density at radius 2 is 1.91 bits per heavy atom. The quantitative estimate of drug-likeness (QED) is 0.858. The Morgan fingerprint density at radius 3 is 2.45 bits per heavy atom. The van der Waals surface area contributed by atoms with E-state index >= 15 is 0 Å². The minimum Gasteiger partial charge on any atom is -0.481 e. The molecule has 1 aromatic carbocycles. The summed E-state index contributed by atoms with van der Waals surface area (Å²) in [4.78, 5) is 15.3. The monoisotopic (exact) mass is 317 g/mol. The van der Waals surface area contributed by atoms with E-state index in [1.165, 1.54) is 11.1 Å². The predicted octanol–water partition coefficient (Wildman–Crippen LogP) is 4.41. The molecule has 0 spiro atoms. The third kappa shape index (κ3) is 4.17. The normalized spacial score (nSPS) is 11.9. The number of rotatable bonds is 6. The Morgan fingerprint density at radius 1 is 1.27 bits per heavy atom. The van der Waals surface area contributed by atoms with E-state index in [0.717, 1.165) is 11.4 Å². The highest BCUT2D eigenvalue weighted by atomic mass is 32.1. The largest absolute Gasteiger partial charge is 0.481 e. The first-order valence-electron chi connectivity index (χ1n) is 7.53. The molecule has 0 aliphatic heterocycles. The van der Waals surface area contributed by atoms with Gasteiger partial charge in [0, 0.05) is 10.8 Å². The van der Waals surface area contributed by atoms with Gasteiger partial charge in [0.05, 0.1) is 17.1 Å². The molecule has 0 fully saturated rings. The van der Waals surface area contributed by atoms with E-state index in [4.69, 9.17) is 5.11 Å². The lowest BCUT2D eigenvalue weighted by Gasteiger charge is -2.22. The molecule has 1 aromatic heterocycles. The number of carbonyl (C=O) groups is 1. The van der Waals surface area contributed by atoms with E-state index in [9.17, 15) is 4.79 Å². The van der Waals surface area contributed by atoms with Crippen molar-refractivity contribution in [2.45, 2.75) is 51.9 Å². The fraction of sp³-hybridized carbons (Fsp3) is 0.444. The van der Waals surface area contributed by atoms with Gasteiger partial charge < -0.3 is 5.11 Å². The summed E-state index contributed by atoms with van der Waals surface area (Å²) in [5.41, 5.74) is 3.18. The first kappa shape index (κ1) is 16.7. The van der Waals surface area contributed by atoms with Crippen molar-refractivity contribution in [3.05, 3.63) is 51.5 Å². The van der Waals surface area contributed by atoms with Crippen LogP contribution in [-0.2, 0) is 23.1 Å². The Kier molecular flexibility index (Phi) is 5.01. The highest BCUT2D eigenvalue weighted by molar-refractivity contribution is 7.09. The fourth-order valence-corrected chi connectivity index (χ4v) is 3.41. The van der Waals surface area contributed by atoms with Crippen LogP contribution in [-0.4, -0.2) is 16.1 Å². The zero-order valence-corrected chi connectivity index (χ0v) is 14.4. The van der Waals surface area contributed by atoms with Gasteiger partial charge in [-0.1, -0.05) is 52.0 Å². The summed E-state index contributed by atoms with van der Waals surface area (Å²) < 4.78 is 0. The molecule has 0 amide bonds. The fourth-order valence-electron chi connectivity index (χ4n) is 2.46. The minimum atomic E-state index is -0.834. The van der Waals surface area contributed by atoms with Gasteiger partial charge in [-0.2, -0.15) is 0 Å². The van der Waals surface area contributed by atoms with Crippen LogP contribution in [0.25, 0.3) is 0 Å². The van der Waals surface area contributed by atoms with Crippen molar-refractivity contribution < 1.29 is 9.90 Å². The average molecular weight is 317 g/mol. The van der Waals surface area contributed by atoms with Crippen molar-refractivity contribution in [3.8, 4) is 0 Å². The second-order valence-electron chi connectivity index (χ2n) is 6.67. The molecular weight excluding hydrogens is 294 g/mol. The predicted molar refractivity (Wildman–Crippen MR) is 90.7 cm³/mol. The molecule has 0 atom stereocenters. The van der Waals surface area contributed by atoms with E-state index in [0.29, 0.717) is 11.6 Å². The van der Waals surface area contributed by atoms with Crippen molar-refractivity contribution >= 4 is 17.3 Å². The highest BCUT2D eigenvalue weighted by Gasteiger charge is 2.25. The molecule has 0 unspecified atom stereocenters. The van der Waals surface area contributed by atoms with Crippen LogP contribution in [0, 0.1) is 0 Å². The molecule has 0 aliphatic rings. The van der Waals surface area contributed by atoms with E-state index in [2.05, 4.69) is 56.9 Å². The number of hydrogen-bond donors (Lipinski definition) is 1. The number of aromatic nitrogens is 1. The Hall–Kier alpha value is -1.68. The van der Waals surface area contributed by atoms with Crippen LogP contribution in [0.3, 0.4) is 0 Å². The van der Waals surface area contributed by atoms with Crippen molar-refractivity contribution in [1.29, 1.82) is 0 Å². The van der Waals surface area contributed by atoms with Crippen LogP contribution >= 0.6 is 11.3 Å². The van der Waals surface area contributed by atoms with Crippen LogP contribution in [0.4, 0.5) is 0 Å². The summed E-state index contributed by atoms with van der Waals surface area (Å²) in [6.07, 6.45) is 0.890. The minimum absolute atomic E-state index is 0.00430. The van der Waals surface area contributed by atoms with Gasteiger partial charge in [0.1, 0.15) is 0 Å². The lowest BCUT2D eigenvalue weighted by molar-refractivity contribution is -0.136. The first-order valence-corrected chi connectivity index (χ1v) is 8.41. The summed E-state index contributed by atoms with van der Waals surface area (Å²) in [6, 6.07) is 8.74. The van der Waals surface area contributed by atoms with E-state index in [1.54, 1.807) is 11.3 Å². The van der Waals surface area contributed by atoms with Gasteiger partial charge in [0.25, 0.3) is 0 Å². The molecule has 1 heterocycles. The zero-order valence-electron chi connectivity index (χ0n) is 13.6. The van der Waals surface area contributed by atoms with Gasteiger partial charge in [-0.3, -0.25) is 4.79 Å². The van der Waals surface area contributed by atoms with Crippen LogP contribution < -0.4 is 0 Å². The number of carboxylic acids is 1. The molecule has 1 N–H and O–H groups in total. The smallest absolute Gasteiger partial charge is 0.309 e. The molecule has 0 bridgehead atoms. The lowest BCUT2D eigenvalue weighted by atomic mass is 9.86. The van der Waals surface area contributed by atoms with Crippen molar-refractivity contribution in [3.63, 3.8) is 0 Å². The summed E-state index contributed by atoms with van der Waals surface area (Å²) in [7, 11) is 0. The maximum absolute atomic E-state index is 10.8. The molecular formula is C18H23NO2S. The summed E-state index contributed by atoms with van der Waals surface area (Å²) in [6.45, 7) is 8.70. The van der Waals surface area contributed by atoms with Crippen LogP contribution in [0.15, 0.2) is 29.6 Å². The maximum atomic E-state index is 10.8. The second-order valence-corrected chi connectivity index (χ2v) is 7.53. The highest BCUT2D eigenvalue weighted by Crippen LogP contribution is 2.30. The molecule has 0 radical (unpaired) electrons. The van der Waals surface area contributed by atoms with Gasteiger partial charge >= 0.3 is 5.97 Å². The second kappa shape index (κ2) is 6.61. The van der Waals surface area contributed by atoms with Crippen LogP contribution in [0.1, 0.15) is 55.4 Å². The summed E-state index contributed by atoms with van der Waals surface area (Å²) in [5.74, 6) is -0.293. The Labute approximate surface area is 136 Å². The van der Waals surface area contributed by atoms with Gasteiger partial charge in [0.15, 0.2) is 0 Å². The molecule has 0 aliphatic carbocycles. The molecule has 0 saturated carbocycles. The average Bonchev–Trinajstić information content (AvgIpc) is 2.87. The third-order valence-electron chi connectivity index (χ3n) is 3.76. The molecule has 118 valence electrons. The topological polar surface area (TPSA) is 50.2 Å². The van der Waals surface area contributed by atoms with E-state index < -0.39 is 5.97 Å². The third-order valence-corrected chi connectivity index (χ3v) is 5.01. The number of carboxylic acid groups (broad SMARTS) is 1. The standard InChI is InChI=1S/C18H23NO2S/c1-12(2)14-7-5-13(6-8-14)10-18(3,4)17-19-15(11-22-17)9-16(20)21/h5-8,11-12H,9-10H2,1-4H3,(H,20,21). The van der Waals surface area contributed by atoms with E-state index in [1.807, 2.05) is 5.38 Å². The van der Waals surface area contributed by atoms with Gasteiger partial charge in [-0.25, -0.2) is 4.98 Å². The number of hydrogen-bond acceptors (Lipinski definition) is 3. The van der Waals surface area contributed by atoms with Crippen LogP contribution in [0.2, 0.25) is 0 Å². The number of benzene rings is 1. The molecule has 4 heteroatoms. The van der Waals surface area contributed by atoms with Crippen LogP contribution in [0.5, 0.6) is 0 Å².